The van der Waals surface area contributed by atoms with E-state index in [9.17, 15) is 0 Å². The van der Waals surface area contributed by atoms with Crippen LogP contribution in [0.15, 0.2) is 46.9 Å². The molecule has 0 amide bonds. The van der Waals surface area contributed by atoms with E-state index in [-0.39, 0.29) is 0 Å². The summed E-state index contributed by atoms with van der Waals surface area (Å²) in [5, 5.41) is 10.5. The zero-order valence-corrected chi connectivity index (χ0v) is 14.9. The molecule has 1 aliphatic rings. The predicted octanol–water partition coefficient (Wildman–Crippen LogP) is 2.52. The standard InChI is InChI=1S/C18H25N5S/c1-19-18(21-11-7-15-5-2-3-10-20-15)22-16-8-12-23(13-9-16)17-6-4-14-24-17/h2-6,10,14,16H,7-9,11-13H2,1H3,(H2,19,21,22). The number of thiophene rings is 1. The lowest BCUT2D eigenvalue weighted by molar-refractivity contribution is 0.463. The van der Waals surface area contributed by atoms with E-state index in [0.717, 1.165) is 50.6 Å². The average Bonchev–Trinajstić information content (AvgIpc) is 3.17. The summed E-state index contributed by atoms with van der Waals surface area (Å²) in [5.74, 6) is 0.889. The lowest BCUT2D eigenvalue weighted by atomic mass is 10.1. The lowest BCUT2D eigenvalue weighted by Gasteiger charge is -2.33. The summed E-state index contributed by atoms with van der Waals surface area (Å²) in [6.45, 7) is 3.04. The topological polar surface area (TPSA) is 52.6 Å². The highest BCUT2D eigenvalue weighted by atomic mass is 32.1. The molecular weight excluding hydrogens is 318 g/mol. The van der Waals surface area contributed by atoms with Crippen LogP contribution in [0, 0.1) is 0 Å². The number of nitrogens with one attached hydrogen (secondary N) is 2. The molecule has 0 atom stereocenters. The molecule has 0 aliphatic carbocycles. The number of guanidine groups is 1. The van der Waals surface area contributed by atoms with Crippen LogP contribution in [-0.4, -0.2) is 43.7 Å². The molecule has 1 fully saturated rings. The first kappa shape index (κ1) is 16.8. The summed E-state index contributed by atoms with van der Waals surface area (Å²) in [6, 6.07) is 10.8. The number of hydrogen-bond acceptors (Lipinski definition) is 4. The van der Waals surface area contributed by atoms with Gasteiger partial charge in [0.15, 0.2) is 5.96 Å². The van der Waals surface area contributed by atoms with Crippen molar-refractivity contribution >= 4 is 22.3 Å². The molecular formula is C18H25N5S. The van der Waals surface area contributed by atoms with Gasteiger partial charge < -0.3 is 15.5 Å². The summed E-state index contributed by atoms with van der Waals surface area (Å²) >= 11 is 1.82. The first-order valence-electron chi connectivity index (χ1n) is 8.50. The Labute approximate surface area is 147 Å². The molecule has 5 nitrogen and oxygen atoms in total. The summed E-state index contributed by atoms with van der Waals surface area (Å²) in [4.78, 5) is 11.2. The third kappa shape index (κ3) is 4.71. The second kappa shape index (κ2) is 8.68. The number of aromatic nitrogens is 1. The molecule has 1 saturated heterocycles. The first-order chi connectivity index (χ1) is 11.8. The first-order valence-corrected chi connectivity index (χ1v) is 9.38. The van der Waals surface area contributed by atoms with Crippen LogP contribution in [0.3, 0.4) is 0 Å². The Balaban J connectivity index is 1.40. The SMILES string of the molecule is CN=C(NCCc1ccccn1)NC1CCN(c2cccs2)CC1. The van der Waals surface area contributed by atoms with E-state index in [2.05, 4.69) is 49.1 Å². The fourth-order valence-corrected chi connectivity index (χ4v) is 3.72. The van der Waals surface area contributed by atoms with E-state index >= 15 is 0 Å². The fourth-order valence-electron chi connectivity index (χ4n) is 2.94. The minimum Gasteiger partial charge on any atom is -0.363 e. The van der Waals surface area contributed by atoms with Crippen LogP contribution in [0.25, 0.3) is 0 Å². The molecule has 3 rings (SSSR count). The molecule has 1 aliphatic heterocycles. The Bertz CT molecular complexity index is 618. The Morgan fingerprint density at radius 2 is 2.17 bits per heavy atom. The number of piperidine rings is 1. The van der Waals surface area contributed by atoms with Gasteiger partial charge in [-0.15, -0.1) is 11.3 Å². The molecule has 0 saturated carbocycles. The van der Waals surface area contributed by atoms with Crippen molar-refractivity contribution in [1.82, 2.24) is 15.6 Å². The van der Waals surface area contributed by atoms with Gasteiger partial charge in [0, 0.05) is 51.0 Å². The smallest absolute Gasteiger partial charge is 0.191 e. The maximum absolute atomic E-state index is 4.34. The summed E-state index contributed by atoms with van der Waals surface area (Å²) in [6.07, 6.45) is 5.01. The molecule has 0 spiro atoms. The van der Waals surface area contributed by atoms with Gasteiger partial charge in [0.1, 0.15) is 0 Å². The van der Waals surface area contributed by atoms with E-state index in [0.29, 0.717) is 6.04 Å². The molecule has 6 heteroatoms. The maximum Gasteiger partial charge on any atom is 0.191 e. The summed E-state index contributed by atoms with van der Waals surface area (Å²) in [5.41, 5.74) is 1.10. The number of hydrogen-bond donors (Lipinski definition) is 2. The van der Waals surface area contributed by atoms with Crippen LogP contribution in [0.4, 0.5) is 5.00 Å². The van der Waals surface area contributed by atoms with Gasteiger partial charge in [-0.1, -0.05) is 6.07 Å². The number of nitrogens with zero attached hydrogens (tertiary/aromatic N) is 3. The van der Waals surface area contributed by atoms with Crippen LogP contribution >= 0.6 is 11.3 Å². The van der Waals surface area contributed by atoms with Gasteiger partial charge in [0.2, 0.25) is 0 Å². The van der Waals surface area contributed by atoms with Gasteiger partial charge in [0.05, 0.1) is 5.00 Å². The van der Waals surface area contributed by atoms with Crippen molar-refractivity contribution in [3.05, 3.63) is 47.6 Å². The average molecular weight is 344 g/mol. The van der Waals surface area contributed by atoms with Crippen molar-refractivity contribution in [2.24, 2.45) is 4.99 Å². The Morgan fingerprint density at radius 1 is 1.29 bits per heavy atom. The zero-order valence-electron chi connectivity index (χ0n) is 14.1. The molecule has 2 N–H and O–H groups in total. The molecule has 0 bridgehead atoms. The molecule has 128 valence electrons. The third-order valence-electron chi connectivity index (χ3n) is 4.28. The van der Waals surface area contributed by atoms with E-state index in [4.69, 9.17) is 0 Å². The predicted molar refractivity (Wildman–Crippen MR) is 102 cm³/mol. The monoisotopic (exact) mass is 343 g/mol. The van der Waals surface area contributed by atoms with E-state index in [1.54, 1.807) is 0 Å². The second-order valence-electron chi connectivity index (χ2n) is 5.93. The van der Waals surface area contributed by atoms with Gasteiger partial charge in [-0.25, -0.2) is 0 Å². The van der Waals surface area contributed by atoms with Crippen molar-refractivity contribution < 1.29 is 0 Å². The van der Waals surface area contributed by atoms with Gasteiger partial charge in [-0.3, -0.25) is 9.98 Å². The fraction of sp³-hybridized carbons (Fsp3) is 0.444. The van der Waals surface area contributed by atoms with Crippen LogP contribution in [0.5, 0.6) is 0 Å². The second-order valence-corrected chi connectivity index (χ2v) is 6.85. The van der Waals surface area contributed by atoms with Crippen LogP contribution in [0.2, 0.25) is 0 Å². The molecule has 0 radical (unpaired) electrons. The number of aliphatic imine (C=N–C) groups is 1. The number of rotatable bonds is 5. The number of pyridine rings is 1. The molecule has 2 aromatic rings. The highest BCUT2D eigenvalue weighted by Gasteiger charge is 2.20. The van der Waals surface area contributed by atoms with Crippen molar-refractivity contribution in [2.75, 3.05) is 31.6 Å². The third-order valence-corrected chi connectivity index (χ3v) is 5.21. The minimum absolute atomic E-state index is 0.488. The Hall–Kier alpha value is -2.08. The molecule has 0 unspecified atom stereocenters. The Kier molecular flexibility index (Phi) is 6.07. The van der Waals surface area contributed by atoms with Gasteiger partial charge in [0.25, 0.3) is 0 Å². The lowest BCUT2D eigenvalue weighted by Crippen LogP contribution is -2.49. The van der Waals surface area contributed by atoms with Crippen LogP contribution in [0.1, 0.15) is 18.5 Å². The number of anilines is 1. The van der Waals surface area contributed by atoms with Crippen molar-refractivity contribution in [3.8, 4) is 0 Å². The largest absolute Gasteiger partial charge is 0.363 e. The quantitative estimate of drug-likeness (QED) is 0.647. The van der Waals surface area contributed by atoms with Gasteiger partial charge in [-0.05, 0) is 42.5 Å². The highest BCUT2D eigenvalue weighted by Crippen LogP contribution is 2.24. The van der Waals surface area contributed by atoms with Crippen LogP contribution < -0.4 is 15.5 Å². The minimum atomic E-state index is 0.488. The van der Waals surface area contributed by atoms with Crippen molar-refractivity contribution in [1.29, 1.82) is 0 Å². The van der Waals surface area contributed by atoms with E-state index < -0.39 is 0 Å². The van der Waals surface area contributed by atoms with Gasteiger partial charge in [-0.2, -0.15) is 0 Å². The highest BCUT2D eigenvalue weighted by molar-refractivity contribution is 7.14. The zero-order chi connectivity index (χ0) is 16.6. The maximum atomic E-state index is 4.34. The van der Waals surface area contributed by atoms with E-state index in [1.165, 1.54) is 5.00 Å². The Morgan fingerprint density at radius 3 is 2.83 bits per heavy atom. The molecule has 2 aromatic heterocycles. The molecule has 0 aromatic carbocycles. The summed E-state index contributed by atoms with van der Waals surface area (Å²) < 4.78 is 0. The van der Waals surface area contributed by atoms with Crippen molar-refractivity contribution in [2.45, 2.75) is 25.3 Å². The van der Waals surface area contributed by atoms with Crippen molar-refractivity contribution in [3.63, 3.8) is 0 Å². The van der Waals surface area contributed by atoms with Gasteiger partial charge >= 0.3 is 0 Å². The summed E-state index contributed by atoms with van der Waals surface area (Å²) in [7, 11) is 1.83. The molecule has 24 heavy (non-hydrogen) atoms. The van der Waals surface area contributed by atoms with Crippen LogP contribution in [-0.2, 0) is 6.42 Å². The van der Waals surface area contributed by atoms with E-state index in [1.807, 2.05) is 36.7 Å². The normalized spacial score (nSPS) is 16.2. The molecule has 3 heterocycles.